The Hall–Kier alpha value is -1.55. The van der Waals surface area contributed by atoms with Crippen LogP contribution in [0.3, 0.4) is 0 Å². The minimum absolute atomic E-state index is 0.0747. The first kappa shape index (κ1) is 19.5. The molecule has 1 rings (SSSR count). The maximum Gasteiger partial charge on any atom is 0.416 e. The molecule has 3 nitrogen and oxygen atoms in total. The number of rotatable bonds is 6. The van der Waals surface area contributed by atoms with E-state index in [0.717, 1.165) is 0 Å². The van der Waals surface area contributed by atoms with Gasteiger partial charge < -0.3 is 0 Å². The van der Waals surface area contributed by atoms with Crippen molar-refractivity contribution in [1.82, 2.24) is 0 Å². The fourth-order valence-electron chi connectivity index (χ4n) is 1.61. The van der Waals surface area contributed by atoms with Crippen LogP contribution in [-0.2, 0) is 32.4 Å². The molecule has 0 saturated carbocycles. The number of hydrogen-bond donors (Lipinski definition) is 0. The molecule has 0 heterocycles. The molecule has 0 N–H and O–H groups in total. The minimum Gasteiger partial charge on any atom is -0.270 e. The highest BCUT2D eigenvalue weighted by atomic mass is 32.2. The van der Waals surface area contributed by atoms with Gasteiger partial charge >= 0.3 is 12.4 Å². The van der Waals surface area contributed by atoms with Crippen molar-refractivity contribution < 1.29 is 38.9 Å². The predicted octanol–water partition coefficient (Wildman–Crippen LogP) is 4.15. The zero-order valence-corrected chi connectivity index (χ0v) is 12.4. The van der Waals surface area contributed by atoms with Crippen LogP contribution in [0.1, 0.15) is 23.1 Å². The summed E-state index contributed by atoms with van der Waals surface area (Å²) in [6, 6.07) is 0.627. The lowest BCUT2D eigenvalue weighted by Crippen LogP contribution is -2.14. The van der Waals surface area contributed by atoms with Crippen LogP contribution < -0.4 is 0 Å². The Bertz CT molecular complexity index is 629. The summed E-state index contributed by atoms with van der Waals surface area (Å²) >= 11 is 0. The molecule has 0 spiro atoms. The van der Waals surface area contributed by atoms with Gasteiger partial charge in [-0.25, -0.2) is 0 Å². The molecule has 0 radical (unpaired) electrons. The lowest BCUT2D eigenvalue weighted by molar-refractivity contribution is -0.143. The average Bonchev–Trinajstić information content (AvgIpc) is 2.35. The number of alkyl halides is 6. The third-order valence-electron chi connectivity index (χ3n) is 2.58. The molecule has 1 aromatic carbocycles. The molecule has 10 heteroatoms. The Morgan fingerprint density at radius 1 is 1.00 bits per heavy atom. The zero-order chi connectivity index (χ0) is 17.9. The molecule has 0 saturated heterocycles. The highest BCUT2D eigenvalue weighted by molar-refractivity contribution is 7.85. The molecule has 130 valence electrons. The second-order valence-electron chi connectivity index (χ2n) is 4.52. The third kappa shape index (κ3) is 6.22. The van der Waals surface area contributed by atoms with E-state index in [9.17, 15) is 34.8 Å². The summed E-state index contributed by atoms with van der Waals surface area (Å²) in [5.41, 5.74) is -3.82. The van der Waals surface area contributed by atoms with Crippen molar-refractivity contribution >= 4 is 10.1 Å². The molecule has 23 heavy (non-hydrogen) atoms. The first-order valence-corrected chi connectivity index (χ1v) is 7.69. The normalized spacial score (nSPS) is 13.1. The maximum absolute atomic E-state index is 12.7. The van der Waals surface area contributed by atoms with E-state index in [1.54, 1.807) is 0 Å². The summed E-state index contributed by atoms with van der Waals surface area (Å²) in [6.45, 7) is 3.02. The molecule has 0 bridgehead atoms. The Labute approximate surface area is 128 Å². The highest BCUT2D eigenvalue weighted by Gasteiger charge is 2.37. The van der Waals surface area contributed by atoms with E-state index in [2.05, 4.69) is 10.8 Å². The number of benzene rings is 1. The van der Waals surface area contributed by atoms with Crippen LogP contribution in [0.5, 0.6) is 0 Å². The second kappa shape index (κ2) is 6.91. The topological polar surface area (TPSA) is 43.4 Å². The van der Waals surface area contributed by atoms with Gasteiger partial charge in [0.25, 0.3) is 10.1 Å². The molecule has 0 atom stereocenters. The minimum atomic E-state index is -5.04. The van der Waals surface area contributed by atoms with Crippen molar-refractivity contribution in [3.8, 4) is 0 Å². The molecule has 1 aromatic rings. The van der Waals surface area contributed by atoms with Gasteiger partial charge in [-0.3, -0.25) is 4.18 Å². The van der Waals surface area contributed by atoms with Crippen molar-refractivity contribution in [3.05, 3.63) is 47.5 Å². The second-order valence-corrected chi connectivity index (χ2v) is 6.16. The van der Waals surface area contributed by atoms with Gasteiger partial charge in [0, 0.05) is 0 Å². The summed E-state index contributed by atoms with van der Waals surface area (Å²) < 4.78 is 104. The Balaban J connectivity index is 3.18. The molecular weight excluding hydrogens is 350 g/mol. The molecule has 0 aliphatic carbocycles. The Kier molecular flexibility index (Phi) is 5.86. The van der Waals surface area contributed by atoms with Crippen molar-refractivity contribution in [1.29, 1.82) is 0 Å². The molecule has 0 aliphatic heterocycles. The van der Waals surface area contributed by atoms with Crippen molar-refractivity contribution in [2.45, 2.75) is 24.5 Å². The van der Waals surface area contributed by atoms with Crippen molar-refractivity contribution in [3.63, 3.8) is 0 Å². The fraction of sp³-hybridized carbons (Fsp3) is 0.385. The summed E-state index contributed by atoms with van der Waals surface area (Å²) in [5, 5.41) is 0. The molecule has 0 amide bonds. The van der Waals surface area contributed by atoms with Gasteiger partial charge in [-0.05, 0) is 30.2 Å². The average molecular weight is 362 g/mol. The molecule has 0 unspecified atom stereocenters. The lowest BCUT2D eigenvalue weighted by Gasteiger charge is -2.14. The van der Waals surface area contributed by atoms with Crippen LogP contribution in [0.4, 0.5) is 26.3 Å². The summed E-state index contributed by atoms with van der Waals surface area (Å²) in [5.74, 6) is -1.10. The van der Waals surface area contributed by atoms with E-state index in [1.165, 1.54) is 6.08 Å². The quantitative estimate of drug-likeness (QED) is 0.331. The van der Waals surface area contributed by atoms with Gasteiger partial charge in [-0.2, -0.15) is 34.8 Å². The monoisotopic (exact) mass is 362 g/mol. The largest absolute Gasteiger partial charge is 0.416 e. The molecule has 0 fully saturated rings. The van der Waals surface area contributed by atoms with E-state index in [4.69, 9.17) is 0 Å². The van der Waals surface area contributed by atoms with Gasteiger partial charge in [0.2, 0.25) is 0 Å². The predicted molar refractivity (Wildman–Crippen MR) is 69.8 cm³/mol. The van der Waals surface area contributed by atoms with Crippen LogP contribution in [-0.4, -0.2) is 15.0 Å². The smallest absolute Gasteiger partial charge is 0.270 e. The Morgan fingerprint density at radius 2 is 1.48 bits per heavy atom. The standard InChI is InChI=1S/C13H12F6O3S/c1-2-3-4-22-23(20,21)8-9-5-10(12(14,15)16)7-11(6-9)13(17,18)19/h2,5-7H,1,3-4,8H2. The molecule has 0 aromatic heterocycles. The Morgan fingerprint density at radius 3 is 1.87 bits per heavy atom. The van der Waals surface area contributed by atoms with E-state index < -0.39 is 44.9 Å². The third-order valence-corrected chi connectivity index (χ3v) is 3.79. The van der Waals surface area contributed by atoms with E-state index in [0.29, 0.717) is 12.1 Å². The SMILES string of the molecule is C=CCCOS(=O)(=O)Cc1cc(C(F)(F)F)cc(C(F)(F)F)c1. The number of halogens is 6. The van der Waals surface area contributed by atoms with Crippen LogP contribution in [0.15, 0.2) is 30.9 Å². The summed E-state index contributed by atoms with van der Waals surface area (Å²) in [4.78, 5) is 0. The van der Waals surface area contributed by atoms with Crippen LogP contribution in [0.25, 0.3) is 0 Å². The van der Waals surface area contributed by atoms with Crippen LogP contribution >= 0.6 is 0 Å². The van der Waals surface area contributed by atoms with Gasteiger partial charge in [0.1, 0.15) is 5.75 Å². The zero-order valence-electron chi connectivity index (χ0n) is 11.5. The van der Waals surface area contributed by atoms with Gasteiger partial charge in [0.15, 0.2) is 0 Å². The van der Waals surface area contributed by atoms with E-state index in [1.807, 2.05) is 0 Å². The molecular formula is C13H12F6O3S. The van der Waals surface area contributed by atoms with E-state index >= 15 is 0 Å². The molecule has 0 aliphatic rings. The first-order valence-electron chi connectivity index (χ1n) is 6.11. The van der Waals surface area contributed by atoms with Crippen LogP contribution in [0, 0.1) is 0 Å². The fourth-order valence-corrected chi connectivity index (χ4v) is 2.62. The first-order chi connectivity index (χ1) is 10.3. The maximum atomic E-state index is 12.7. The highest BCUT2D eigenvalue weighted by Crippen LogP contribution is 2.36. The summed E-state index contributed by atoms with van der Waals surface area (Å²) in [7, 11) is -4.31. The summed E-state index contributed by atoms with van der Waals surface area (Å²) in [6.07, 6.45) is -8.57. The van der Waals surface area contributed by atoms with Crippen molar-refractivity contribution in [2.24, 2.45) is 0 Å². The van der Waals surface area contributed by atoms with Gasteiger partial charge in [-0.1, -0.05) is 6.08 Å². The van der Waals surface area contributed by atoms with Crippen molar-refractivity contribution in [2.75, 3.05) is 6.61 Å². The van der Waals surface area contributed by atoms with Gasteiger partial charge in [0.05, 0.1) is 17.7 Å². The number of hydrogen-bond acceptors (Lipinski definition) is 3. The van der Waals surface area contributed by atoms with E-state index in [-0.39, 0.29) is 19.1 Å². The lowest BCUT2D eigenvalue weighted by atomic mass is 10.1. The van der Waals surface area contributed by atoms with Crippen LogP contribution in [0.2, 0.25) is 0 Å². The van der Waals surface area contributed by atoms with Gasteiger partial charge in [-0.15, -0.1) is 6.58 Å².